The zero-order valence-electron chi connectivity index (χ0n) is 26.6. The molecule has 248 valence electrons. The van der Waals surface area contributed by atoms with E-state index in [1.165, 1.54) is 22.6 Å². The standard InChI is InChI=1S/C37H41F3N4O2S/c1-47-34-18-17-33-30(11-7-22-41-33)31(34)10-6-12-35(45)42-21-4-5-23-44-24-19-28(20-25-44)43-36(46)32-9-3-2-8-29(32)26-13-15-27(16-14-26)37(38,39)40/h2-3,7-9,11,13-18,22,28H,4-6,10,12,19-21,23-25H2,1H3,(H,42,45)(H,43,46). The Morgan fingerprint density at radius 3 is 2.45 bits per heavy atom. The summed E-state index contributed by atoms with van der Waals surface area (Å²) in [6, 6.07) is 20.2. The number of benzene rings is 3. The van der Waals surface area contributed by atoms with Crippen molar-refractivity contribution in [3.63, 3.8) is 0 Å². The van der Waals surface area contributed by atoms with Crippen LogP contribution >= 0.6 is 11.8 Å². The highest BCUT2D eigenvalue weighted by Gasteiger charge is 2.30. The third-order valence-electron chi connectivity index (χ3n) is 8.75. The van der Waals surface area contributed by atoms with Gasteiger partial charge in [0.1, 0.15) is 0 Å². The lowest BCUT2D eigenvalue weighted by atomic mass is 9.97. The fourth-order valence-electron chi connectivity index (χ4n) is 6.18. The molecule has 2 amide bonds. The summed E-state index contributed by atoms with van der Waals surface area (Å²) in [5, 5.41) is 7.37. The highest BCUT2D eigenvalue weighted by Crippen LogP contribution is 2.32. The molecule has 1 aliphatic heterocycles. The summed E-state index contributed by atoms with van der Waals surface area (Å²) < 4.78 is 39.0. The van der Waals surface area contributed by atoms with Gasteiger partial charge in [-0.3, -0.25) is 14.6 Å². The Kier molecular flexibility index (Phi) is 11.9. The van der Waals surface area contributed by atoms with Crippen LogP contribution in [-0.2, 0) is 17.4 Å². The van der Waals surface area contributed by atoms with Gasteiger partial charge in [0.05, 0.1) is 11.1 Å². The van der Waals surface area contributed by atoms with Crippen molar-refractivity contribution in [2.24, 2.45) is 0 Å². The lowest BCUT2D eigenvalue weighted by molar-refractivity contribution is -0.137. The first-order valence-corrected chi connectivity index (χ1v) is 17.4. The summed E-state index contributed by atoms with van der Waals surface area (Å²) in [6.07, 6.45) is 5.16. The first kappa shape index (κ1) is 34.4. The molecule has 1 aromatic heterocycles. The van der Waals surface area contributed by atoms with Crippen LogP contribution in [0.3, 0.4) is 0 Å². The zero-order valence-corrected chi connectivity index (χ0v) is 27.4. The first-order valence-electron chi connectivity index (χ1n) is 16.2. The third-order valence-corrected chi connectivity index (χ3v) is 9.57. The van der Waals surface area contributed by atoms with Gasteiger partial charge in [-0.2, -0.15) is 13.2 Å². The number of unbranched alkanes of at least 4 members (excludes halogenated alkanes) is 1. The number of carbonyl (C=O) groups is 2. The summed E-state index contributed by atoms with van der Waals surface area (Å²) >= 11 is 1.72. The summed E-state index contributed by atoms with van der Waals surface area (Å²) in [4.78, 5) is 33.8. The van der Waals surface area contributed by atoms with E-state index in [1.807, 2.05) is 6.07 Å². The maximum Gasteiger partial charge on any atom is 0.416 e. The number of nitrogens with one attached hydrogen (secondary N) is 2. The minimum atomic E-state index is -4.41. The van der Waals surface area contributed by atoms with Crippen LogP contribution in [0, 0.1) is 0 Å². The molecule has 2 N–H and O–H groups in total. The summed E-state index contributed by atoms with van der Waals surface area (Å²) in [7, 11) is 0. The van der Waals surface area contributed by atoms with Crippen LogP contribution < -0.4 is 10.6 Å². The topological polar surface area (TPSA) is 74.3 Å². The third kappa shape index (κ3) is 9.35. The number of rotatable bonds is 13. The molecule has 0 saturated carbocycles. The molecule has 0 atom stereocenters. The van der Waals surface area contributed by atoms with Crippen molar-refractivity contribution < 1.29 is 22.8 Å². The second-order valence-corrected chi connectivity index (χ2v) is 12.8. The predicted octanol–water partition coefficient (Wildman–Crippen LogP) is 7.76. The molecule has 1 saturated heterocycles. The van der Waals surface area contributed by atoms with E-state index < -0.39 is 11.7 Å². The number of alkyl halides is 3. The molecule has 0 radical (unpaired) electrons. The SMILES string of the molecule is CSc1ccc2ncccc2c1CCCC(=O)NCCCCN1CCC(NC(=O)c2ccccc2-c2ccc(C(F)(F)F)cc2)CC1. The summed E-state index contributed by atoms with van der Waals surface area (Å²) in [6.45, 7) is 3.36. The number of aryl methyl sites for hydroxylation is 1. The molecule has 47 heavy (non-hydrogen) atoms. The second kappa shape index (κ2) is 16.3. The van der Waals surface area contributed by atoms with Crippen LogP contribution in [0.5, 0.6) is 0 Å². The van der Waals surface area contributed by atoms with Crippen LogP contribution in [-0.4, -0.2) is 60.2 Å². The van der Waals surface area contributed by atoms with Gasteiger partial charge in [-0.05, 0) is 104 Å². The lowest BCUT2D eigenvalue weighted by Crippen LogP contribution is -2.45. The van der Waals surface area contributed by atoms with E-state index in [1.54, 1.807) is 42.2 Å². The number of aromatic nitrogens is 1. The number of nitrogens with zero attached hydrogens (tertiary/aromatic N) is 2. The number of fused-ring (bicyclic) bond motifs is 1. The monoisotopic (exact) mass is 662 g/mol. The predicted molar refractivity (Wildman–Crippen MR) is 183 cm³/mol. The van der Waals surface area contributed by atoms with Gasteiger partial charge >= 0.3 is 6.18 Å². The highest BCUT2D eigenvalue weighted by molar-refractivity contribution is 7.98. The number of halogens is 3. The fraction of sp³-hybridized carbons (Fsp3) is 0.378. The normalized spacial score (nSPS) is 14.3. The van der Waals surface area contributed by atoms with Crippen molar-refractivity contribution in [2.45, 2.75) is 62.1 Å². The molecule has 1 fully saturated rings. The van der Waals surface area contributed by atoms with Gasteiger partial charge < -0.3 is 15.5 Å². The molecule has 1 aliphatic rings. The Bertz CT molecular complexity index is 1650. The molecule has 6 nitrogen and oxygen atoms in total. The molecule has 0 spiro atoms. The van der Waals surface area contributed by atoms with Crippen molar-refractivity contribution in [1.29, 1.82) is 0 Å². The lowest BCUT2D eigenvalue weighted by Gasteiger charge is -2.32. The molecule has 3 aromatic carbocycles. The van der Waals surface area contributed by atoms with Gasteiger partial charge in [0.2, 0.25) is 5.91 Å². The van der Waals surface area contributed by atoms with Crippen molar-refractivity contribution in [3.05, 3.63) is 95.7 Å². The number of likely N-dealkylation sites (tertiary alicyclic amines) is 1. The van der Waals surface area contributed by atoms with Gasteiger partial charge in [-0.15, -0.1) is 11.8 Å². The van der Waals surface area contributed by atoms with Gasteiger partial charge in [0.25, 0.3) is 5.91 Å². The number of hydrogen-bond acceptors (Lipinski definition) is 5. The van der Waals surface area contributed by atoms with Crippen LogP contribution in [0.2, 0.25) is 0 Å². The highest BCUT2D eigenvalue weighted by atomic mass is 32.2. The molecular formula is C37H41F3N4O2S. The van der Waals surface area contributed by atoms with E-state index in [9.17, 15) is 22.8 Å². The summed E-state index contributed by atoms with van der Waals surface area (Å²) in [5.74, 6) is -0.126. The Morgan fingerprint density at radius 1 is 0.936 bits per heavy atom. The fourth-order valence-corrected chi connectivity index (χ4v) is 6.84. The van der Waals surface area contributed by atoms with Gasteiger partial charge in [0.15, 0.2) is 0 Å². The molecule has 0 bridgehead atoms. The van der Waals surface area contributed by atoms with E-state index in [0.29, 0.717) is 29.7 Å². The Balaban J connectivity index is 0.984. The maximum atomic E-state index is 13.2. The van der Waals surface area contributed by atoms with E-state index in [-0.39, 0.29) is 17.9 Å². The van der Waals surface area contributed by atoms with E-state index in [0.717, 1.165) is 81.2 Å². The molecule has 2 heterocycles. The molecule has 4 aromatic rings. The molecule has 10 heteroatoms. The Hall–Kier alpha value is -3.89. The summed E-state index contributed by atoms with van der Waals surface area (Å²) in [5.41, 5.74) is 3.16. The molecule has 0 aliphatic carbocycles. The number of thioether (sulfide) groups is 1. The molecule has 5 rings (SSSR count). The van der Waals surface area contributed by atoms with Crippen molar-refractivity contribution in [3.8, 4) is 11.1 Å². The van der Waals surface area contributed by atoms with Crippen molar-refractivity contribution >= 4 is 34.5 Å². The van der Waals surface area contributed by atoms with E-state index >= 15 is 0 Å². The smallest absolute Gasteiger partial charge is 0.356 e. The average molecular weight is 663 g/mol. The Morgan fingerprint density at radius 2 is 1.70 bits per heavy atom. The quantitative estimate of drug-likeness (QED) is 0.113. The van der Waals surface area contributed by atoms with Crippen LogP contribution in [0.15, 0.2) is 83.9 Å². The van der Waals surface area contributed by atoms with Gasteiger partial charge in [-0.25, -0.2) is 0 Å². The van der Waals surface area contributed by atoms with Crippen molar-refractivity contribution in [2.75, 3.05) is 32.4 Å². The Labute approximate surface area is 278 Å². The number of pyridine rings is 1. The zero-order chi connectivity index (χ0) is 33.2. The minimum absolute atomic E-state index is 0.0378. The largest absolute Gasteiger partial charge is 0.416 e. The second-order valence-electron chi connectivity index (χ2n) is 11.9. The average Bonchev–Trinajstić information content (AvgIpc) is 3.08. The number of carbonyl (C=O) groups excluding carboxylic acids is 2. The van der Waals surface area contributed by atoms with Crippen LogP contribution in [0.25, 0.3) is 22.0 Å². The number of amides is 2. The number of hydrogen-bond donors (Lipinski definition) is 2. The first-order chi connectivity index (χ1) is 22.7. The van der Waals surface area contributed by atoms with Crippen LogP contribution in [0.4, 0.5) is 13.2 Å². The van der Waals surface area contributed by atoms with Gasteiger partial charge in [-0.1, -0.05) is 36.4 Å². The maximum absolute atomic E-state index is 13.2. The molecule has 0 unspecified atom stereocenters. The van der Waals surface area contributed by atoms with E-state index in [2.05, 4.69) is 45.0 Å². The molecular weight excluding hydrogens is 621 g/mol. The number of piperidine rings is 1. The van der Waals surface area contributed by atoms with Gasteiger partial charge in [0, 0.05) is 54.1 Å². The van der Waals surface area contributed by atoms with Crippen molar-refractivity contribution in [1.82, 2.24) is 20.5 Å². The van der Waals surface area contributed by atoms with E-state index in [4.69, 9.17) is 0 Å². The van der Waals surface area contributed by atoms with Crippen LogP contribution in [0.1, 0.15) is 60.0 Å². The minimum Gasteiger partial charge on any atom is -0.356 e.